The third kappa shape index (κ3) is 3.16. The van der Waals surface area contributed by atoms with E-state index >= 15 is 0 Å². The molecule has 5 heteroatoms. The minimum Gasteiger partial charge on any atom is -0.378 e. The van der Waals surface area contributed by atoms with E-state index in [9.17, 15) is 4.39 Å². The van der Waals surface area contributed by atoms with Crippen molar-refractivity contribution >= 4 is 22.3 Å². The van der Waals surface area contributed by atoms with Gasteiger partial charge in [0.15, 0.2) is 0 Å². The molecule has 3 aromatic rings. The van der Waals surface area contributed by atoms with Crippen molar-refractivity contribution in [2.75, 3.05) is 42.9 Å². The SMILES string of the molecule is Fc1cccc2c1NC(CN1CCN(c3cccc4[nH]ccc34)CC1)CC2. The highest BCUT2D eigenvalue weighted by Gasteiger charge is 2.25. The molecule has 2 N–H and O–H groups in total. The summed E-state index contributed by atoms with van der Waals surface area (Å²) in [7, 11) is 0. The summed E-state index contributed by atoms with van der Waals surface area (Å²) >= 11 is 0. The minimum atomic E-state index is -0.124. The molecule has 27 heavy (non-hydrogen) atoms. The Kier molecular flexibility index (Phi) is 4.24. The van der Waals surface area contributed by atoms with Gasteiger partial charge in [0, 0.05) is 61.6 Å². The van der Waals surface area contributed by atoms with Crippen molar-refractivity contribution in [2.24, 2.45) is 0 Å². The van der Waals surface area contributed by atoms with Crippen molar-refractivity contribution in [2.45, 2.75) is 18.9 Å². The van der Waals surface area contributed by atoms with Crippen LogP contribution in [0.3, 0.4) is 0 Å². The van der Waals surface area contributed by atoms with Crippen LogP contribution in [0, 0.1) is 5.82 Å². The molecule has 0 amide bonds. The van der Waals surface area contributed by atoms with Crippen LogP contribution in [-0.2, 0) is 6.42 Å². The van der Waals surface area contributed by atoms with E-state index in [0.717, 1.165) is 51.1 Å². The highest BCUT2D eigenvalue weighted by molar-refractivity contribution is 5.92. The first kappa shape index (κ1) is 16.6. The van der Waals surface area contributed by atoms with Gasteiger partial charge in [-0.15, -0.1) is 0 Å². The van der Waals surface area contributed by atoms with Gasteiger partial charge in [-0.25, -0.2) is 4.39 Å². The van der Waals surface area contributed by atoms with Crippen LogP contribution >= 0.6 is 0 Å². The smallest absolute Gasteiger partial charge is 0.146 e. The Bertz CT molecular complexity index is 942. The molecule has 0 bridgehead atoms. The molecule has 5 rings (SSSR count). The van der Waals surface area contributed by atoms with Gasteiger partial charge in [-0.3, -0.25) is 4.90 Å². The lowest BCUT2D eigenvalue weighted by Crippen LogP contribution is -2.50. The monoisotopic (exact) mass is 364 g/mol. The summed E-state index contributed by atoms with van der Waals surface area (Å²) in [5.41, 5.74) is 4.34. The number of H-pyrrole nitrogens is 1. The minimum absolute atomic E-state index is 0.124. The molecule has 2 aromatic carbocycles. The number of nitrogens with zero attached hydrogens (tertiary/aromatic N) is 2. The summed E-state index contributed by atoms with van der Waals surface area (Å²) in [4.78, 5) is 8.29. The average molecular weight is 364 g/mol. The Labute approximate surface area is 159 Å². The summed E-state index contributed by atoms with van der Waals surface area (Å²) in [5, 5.41) is 4.74. The van der Waals surface area contributed by atoms with Crippen molar-refractivity contribution in [3.63, 3.8) is 0 Å². The van der Waals surface area contributed by atoms with Crippen LogP contribution in [0.15, 0.2) is 48.7 Å². The summed E-state index contributed by atoms with van der Waals surface area (Å²) in [6.45, 7) is 5.13. The summed E-state index contributed by atoms with van der Waals surface area (Å²) in [5.74, 6) is -0.124. The summed E-state index contributed by atoms with van der Waals surface area (Å²) < 4.78 is 14.1. The molecule has 1 fully saturated rings. The number of piperazine rings is 1. The van der Waals surface area contributed by atoms with Crippen molar-refractivity contribution in [1.29, 1.82) is 0 Å². The Morgan fingerprint density at radius 3 is 2.74 bits per heavy atom. The Morgan fingerprint density at radius 1 is 1.00 bits per heavy atom. The van der Waals surface area contributed by atoms with E-state index in [1.54, 1.807) is 12.1 Å². The molecule has 0 aliphatic carbocycles. The van der Waals surface area contributed by atoms with Gasteiger partial charge in [-0.2, -0.15) is 0 Å². The quantitative estimate of drug-likeness (QED) is 0.741. The van der Waals surface area contributed by atoms with Gasteiger partial charge in [0.05, 0.1) is 5.69 Å². The van der Waals surface area contributed by atoms with Crippen LogP contribution in [0.1, 0.15) is 12.0 Å². The maximum absolute atomic E-state index is 14.1. The predicted molar refractivity (Wildman–Crippen MR) is 109 cm³/mol. The second kappa shape index (κ2) is 6.89. The number of aryl methyl sites for hydroxylation is 1. The molecule has 2 aliphatic rings. The number of hydrogen-bond acceptors (Lipinski definition) is 3. The van der Waals surface area contributed by atoms with Gasteiger partial charge < -0.3 is 15.2 Å². The number of aromatic nitrogens is 1. The molecular weight excluding hydrogens is 339 g/mol. The van der Waals surface area contributed by atoms with Crippen molar-refractivity contribution in [1.82, 2.24) is 9.88 Å². The Morgan fingerprint density at radius 2 is 1.85 bits per heavy atom. The normalized spacial score (nSPS) is 20.5. The molecule has 0 radical (unpaired) electrons. The lowest BCUT2D eigenvalue weighted by Gasteiger charge is -2.39. The lowest BCUT2D eigenvalue weighted by molar-refractivity contribution is 0.243. The van der Waals surface area contributed by atoms with Gasteiger partial charge in [-0.1, -0.05) is 18.2 Å². The lowest BCUT2D eigenvalue weighted by atomic mass is 9.97. The number of halogens is 1. The molecule has 2 aliphatic heterocycles. The van der Waals surface area contributed by atoms with E-state index in [1.807, 2.05) is 12.3 Å². The molecule has 1 saturated heterocycles. The number of nitrogens with one attached hydrogen (secondary N) is 2. The molecule has 140 valence electrons. The molecule has 0 spiro atoms. The average Bonchev–Trinajstić information content (AvgIpc) is 3.18. The first-order valence-electron chi connectivity index (χ1n) is 9.85. The standard InChI is InChI=1S/C22H25FN4/c23-19-4-1-3-16-7-8-17(25-22(16)19)15-26-11-13-27(14-12-26)21-6-2-5-20-18(21)9-10-24-20/h1-6,9-10,17,24-25H,7-8,11-15H2. The summed E-state index contributed by atoms with van der Waals surface area (Å²) in [6.07, 6.45) is 4.04. The van der Waals surface area contributed by atoms with E-state index in [-0.39, 0.29) is 5.82 Å². The number of benzene rings is 2. The molecule has 0 saturated carbocycles. The van der Waals surface area contributed by atoms with Crippen LogP contribution in [0.5, 0.6) is 0 Å². The number of aromatic amines is 1. The molecule has 4 nitrogen and oxygen atoms in total. The van der Waals surface area contributed by atoms with E-state index in [0.29, 0.717) is 11.7 Å². The number of anilines is 2. The van der Waals surface area contributed by atoms with E-state index in [4.69, 9.17) is 0 Å². The van der Waals surface area contributed by atoms with Gasteiger partial charge in [-0.05, 0) is 42.7 Å². The fourth-order valence-electron chi connectivity index (χ4n) is 4.51. The van der Waals surface area contributed by atoms with Crippen LogP contribution in [0.4, 0.5) is 15.8 Å². The van der Waals surface area contributed by atoms with Gasteiger partial charge in [0.25, 0.3) is 0 Å². The Balaban J connectivity index is 1.22. The molecule has 1 atom stereocenters. The molecule has 1 unspecified atom stereocenters. The Hall–Kier alpha value is -2.53. The van der Waals surface area contributed by atoms with Gasteiger partial charge >= 0.3 is 0 Å². The molecule has 1 aromatic heterocycles. The first-order valence-corrected chi connectivity index (χ1v) is 9.85. The zero-order valence-corrected chi connectivity index (χ0v) is 15.4. The predicted octanol–water partition coefficient (Wildman–Crippen LogP) is 3.86. The van der Waals surface area contributed by atoms with E-state index < -0.39 is 0 Å². The van der Waals surface area contributed by atoms with Crippen LogP contribution in [-0.4, -0.2) is 48.6 Å². The van der Waals surface area contributed by atoms with Crippen LogP contribution in [0.2, 0.25) is 0 Å². The third-order valence-electron chi connectivity index (χ3n) is 5.97. The third-order valence-corrected chi connectivity index (χ3v) is 5.97. The maximum Gasteiger partial charge on any atom is 0.146 e. The van der Waals surface area contributed by atoms with E-state index in [1.165, 1.54) is 16.6 Å². The van der Waals surface area contributed by atoms with Crippen molar-refractivity contribution in [3.05, 3.63) is 60.0 Å². The van der Waals surface area contributed by atoms with Crippen LogP contribution in [0.25, 0.3) is 10.9 Å². The zero-order chi connectivity index (χ0) is 18.2. The van der Waals surface area contributed by atoms with E-state index in [2.05, 4.69) is 44.4 Å². The maximum atomic E-state index is 14.1. The van der Waals surface area contributed by atoms with Crippen molar-refractivity contribution in [3.8, 4) is 0 Å². The highest BCUT2D eigenvalue weighted by Crippen LogP contribution is 2.29. The largest absolute Gasteiger partial charge is 0.378 e. The number of para-hydroxylation sites is 1. The van der Waals surface area contributed by atoms with Crippen LogP contribution < -0.4 is 10.2 Å². The highest BCUT2D eigenvalue weighted by atomic mass is 19.1. The summed E-state index contributed by atoms with van der Waals surface area (Å²) in [6, 6.07) is 14.3. The fourth-order valence-corrected chi connectivity index (χ4v) is 4.51. The molecule has 3 heterocycles. The number of hydrogen-bond donors (Lipinski definition) is 2. The first-order chi connectivity index (χ1) is 13.3. The van der Waals surface area contributed by atoms with Gasteiger partial charge in [0.1, 0.15) is 5.82 Å². The molecular formula is C22H25FN4. The topological polar surface area (TPSA) is 34.3 Å². The second-order valence-electron chi connectivity index (χ2n) is 7.66. The van der Waals surface area contributed by atoms with Crippen molar-refractivity contribution < 1.29 is 4.39 Å². The fraction of sp³-hybridized carbons (Fsp3) is 0.364. The zero-order valence-electron chi connectivity index (χ0n) is 15.4. The number of rotatable bonds is 3. The second-order valence-corrected chi connectivity index (χ2v) is 7.66. The number of fused-ring (bicyclic) bond motifs is 2. The van der Waals surface area contributed by atoms with Gasteiger partial charge in [0.2, 0.25) is 0 Å².